The van der Waals surface area contributed by atoms with Gasteiger partial charge in [-0.25, -0.2) is 0 Å². The summed E-state index contributed by atoms with van der Waals surface area (Å²) in [5.41, 5.74) is 5.07. The molecule has 0 saturated heterocycles. The molecule has 110 valence electrons. The van der Waals surface area contributed by atoms with Gasteiger partial charge in [0, 0.05) is 17.3 Å². The summed E-state index contributed by atoms with van der Waals surface area (Å²) in [5, 5.41) is 3.67. The van der Waals surface area contributed by atoms with E-state index < -0.39 is 0 Å². The topological polar surface area (TPSA) is 21.3 Å². The highest BCUT2D eigenvalue weighted by molar-refractivity contribution is 5.60. The number of ether oxygens (including phenoxy) is 1. The largest absolute Gasteiger partial charge is 0.496 e. The third-order valence-electron chi connectivity index (χ3n) is 4.58. The Bertz CT molecular complexity index is 615. The van der Waals surface area contributed by atoms with Crippen molar-refractivity contribution < 1.29 is 4.74 Å². The average Bonchev–Trinajstić information content (AvgIpc) is 2.46. The Hall–Kier alpha value is -1.96. The fourth-order valence-electron chi connectivity index (χ4n) is 3.25. The minimum Gasteiger partial charge on any atom is -0.496 e. The van der Waals surface area contributed by atoms with E-state index in [4.69, 9.17) is 4.74 Å². The first-order valence-corrected chi connectivity index (χ1v) is 7.64. The molecule has 3 rings (SSSR count). The van der Waals surface area contributed by atoms with Crippen molar-refractivity contribution in [1.29, 1.82) is 0 Å². The van der Waals surface area contributed by atoms with E-state index in [-0.39, 0.29) is 0 Å². The summed E-state index contributed by atoms with van der Waals surface area (Å²) in [6.07, 6.45) is 2.42. The Morgan fingerprint density at radius 1 is 1.00 bits per heavy atom. The number of hydrogen-bond donors (Lipinski definition) is 1. The fourth-order valence-corrected chi connectivity index (χ4v) is 3.25. The van der Waals surface area contributed by atoms with E-state index in [9.17, 15) is 0 Å². The molecule has 1 fully saturated rings. The van der Waals surface area contributed by atoms with Crippen molar-refractivity contribution in [2.75, 3.05) is 12.4 Å². The average molecular weight is 281 g/mol. The molecule has 0 unspecified atom stereocenters. The molecular weight excluding hydrogens is 258 g/mol. The smallest absolute Gasteiger partial charge is 0.126 e. The fraction of sp³-hybridized carbons (Fsp3) is 0.368. The van der Waals surface area contributed by atoms with Gasteiger partial charge in [0.15, 0.2) is 0 Å². The van der Waals surface area contributed by atoms with E-state index in [1.807, 2.05) is 0 Å². The van der Waals surface area contributed by atoms with Crippen LogP contribution in [0, 0.1) is 13.8 Å². The number of benzene rings is 2. The predicted octanol–water partition coefficient (Wildman–Crippen LogP) is 4.67. The van der Waals surface area contributed by atoms with E-state index in [1.54, 1.807) is 7.11 Å². The molecule has 0 aliphatic heterocycles. The second kappa shape index (κ2) is 5.80. The first-order chi connectivity index (χ1) is 10.2. The summed E-state index contributed by atoms with van der Waals surface area (Å²) in [6.45, 7) is 4.21. The molecule has 0 heterocycles. The predicted molar refractivity (Wildman–Crippen MR) is 88.3 cm³/mol. The summed E-state index contributed by atoms with van der Waals surface area (Å²) in [5.74, 6) is 1.70. The quantitative estimate of drug-likeness (QED) is 0.879. The number of rotatable bonds is 4. The van der Waals surface area contributed by atoms with Crippen LogP contribution in [0.15, 0.2) is 42.5 Å². The van der Waals surface area contributed by atoms with Crippen molar-refractivity contribution in [3.05, 3.63) is 59.2 Å². The zero-order chi connectivity index (χ0) is 14.8. The summed E-state index contributed by atoms with van der Waals surface area (Å²) >= 11 is 0. The molecule has 2 aromatic rings. The molecule has 0 amide bonds. The third kappa shape index (κ3) is 2.76. The molecule has 2 heteroatoms. The van der Waals surface area contributed by atoms with Crippen LogP contribution in [0.3, 0.4) is 0 Å². The van der Waals surface area contributed by atoms with Gasteiger partial charge in [0.05, 0.1) is 7.11 Å². The van der Waals surface area contributed by atoms with Gasteiger partial charge in [-0.1, -0.05) is 36.4 Å². The number of aryl methyl sites for hydroxylation is 1. The van der Waals surface area contributed by atoms with E-state index in [0.29, 0.717) is 12.0 Å². The highest BCUT2D eigenvalue weighted by Crippen LogP contribution is 2.39. The first kappa shape index (κ1) is 14.0. The Kier molecular flexibility index (Phi) is 3.87. The first-order valence-electron chi connectivity index (χ1n) is 7.64. The highest BCUT2D eigenvalue weighted by Gasteiger charge is 2.30. The highest BCUT2D eigenvalue weighted by atomic mass is 16.5. The van der Waals surface area contributed by atoms with Crippen LogP contribution in [0.1, 0.15) is 35.4 Å². The van der Waals surface area contributed by atoms with Crippen LogP contribution < -0.4 is 10.1 Å². The minimum atomic E-state index is 0.571. The maximum Gasteiger partial charge on any atom is 0.126 e. The minimum absolute atomic E-state index is 0.571. The summed E-state index contributed by atoms with van der Waals surface area (Å²) in [6, 6.07) is 15.7. The van der Waals surface area contributed by atoms with Gasteiger partial charge in [0.1, 0.15) is 5.75 Å². The second-order valence-electron chi connectivity index (χ2n) is 6.01. The van der Waals surface area contributed by atoms with Crippen LogP contribution in [0.2, 0.25) is 0 Å². The van der Waals surface area contributed by atoms with Crippen molar-refractivity contribution in [3.8, 4) is 5.75 Å². The van der Waals surface area contributed by atoms with Gasteiger partial charge < -0.3 is 10.1 Å². The van der Waals surface area contributed by atoms with E-state index in [2.05, 4.69) is 61.6 Å². The summed E-state index contributed by atoms with van der Waals surface area (Å²) in [4.78, 5) is 0. The van der Waals surface area contributed by atoms with Crippen molar-refractivity contribution in [2.24, 2.45) is 0 Å². The number of nitrogens with one attached hydrogen (secondary N) is 1. The number of methoxy groups -OCH3 is 1. The van der Waals surface area contributed by atoms with Crippen molar-refractivity contribution in [1.82, 2.24) is 0 Å². The lowest BCUT2D eigenvalue weighted by Crippen LogP contribution is -2.34. The van der Waals surface area contributed by atoms with Crippen molar-refractivity contribution in [3.63, 3.8) is 0 Å². The van der Waals surface area contributed by atoms with Gasteiger partial charge in [-0.05, 0) is 49.8 Å². The molecule has 0 atom stereocenters. The van der Waals surface area contributed by atoms with E-state index >= 15 is 0 Å². The zero-order valence-electron chi connectivity index (χ0n) is 13.0. The molecule has 0 bridgehead atoms. The van der Waals surface area contributed by atoms with Gasteiger partial charge in [-0.15, -0.1) is 0 Å². The summed E-state index contributed by atoms with van der Waals surface area (Å²) in [7, 11) is 1.74. The molecule has 21 heavy (non-hydrogen) atoms. The summed E-state index contributed by atoms with van der Waals surface area (Å²) < 4.78 is 5.50. The number of hydrogen-bond acceptors (Lipinski definition) is 2. The molecule has 0 radical (unpaired) electrons. The van der Waals surface area contributed by atoms with Crippen LogP contribution >= 0.6 is 0 Å². The lowest BCUT2D eigenvalue weighted by Gasteiger charge is -2.37. The van der Waals surface area contributed by atoms with Crippen LogP contribution in [0.25, 0.3) is 0 Å². The van der Waals surface area contributed by atoms with Gasteiger partial charge in [-0.2, -0.15) is 0 Å². The Morgan fingerprint density at radius 3 is 2.38 bits per heavy atom. The maximum absolute atomic E-state index is 5.50. The molecule has 1 aliphatic carbocycles. The molecule has 1 N–H and O–H groups in total. The lowest BCUT2D eigenvalue weighted by atomic mass is 9.76. The maximum atomic E-state index is 5.50. The van der Waals surface area contributed by atoms with Crippen LogP contribution in [0.5, 0.6) is 5.75 Å². The van der Waals surface area contributed by atoms with E-state index in [1.165, 1.54) is 35.2 Å². The Labute approximate surface area is 127 Å². The molecular formula is C19H23NO. The van der Waals surface area contributed by atoms with Crippen LogP contribution in [-0.2, 0) is 0 Å². The number of anilines is 1. The molecule has 1 saturated carbocycles. The SMILES string of the molecule is COc1c(C)ccc(NC2CC(c3ccccc3)C2)c1C. The lowest BCUT2D eigenvalue weighted by molar-refractivity contribution is 0.373. The second-order valence-corrected chi connectivity index (χ2v) is 6.01. The van der Waals surface area contributed by atoms with E-state index in [0.717, 1.165) is 5.75 Å². The normalized spacial score (nSPS) is 20.7. The van der Waals surface area contributed by atoms with Crippen molar-refractivity contribution in [2.45, 2.75) is 38.6 Å². The van der Waals surface area contributed by atoms with Crippen LogP contribution in [0.4, 0.5) is 5.69 Å². The van der Waals surface area contributed by atoms with Gasteiger partial charge in [-0.3, -0.25) is 0 Å². The molecule has 0 spiro atoms. The molecule has 2 aromatic carbocycles. The zero-order valence-corrected chi connectivity index (χ0v) is 13.0. The Morgan fingerprint density at radius 2 is 1.71 bits per heavy atom. The van der Waals surface area contributed by atoms with Gasteiger partial charge >= 0.3 is 0 Å². The van der Waals surface area contributed by atoms with Crippen molar-refractivity contribution >= 4 is 5.69 Å². The third-order valence-corrected chi connectivity index (χ3v) is 4.58. The monoisotopic (exact) mass is 281 g/mol. The molecule has 1 aliphatic rings. The standard InChI is InChI=1S/C19H23NO/c1-13-9-10-18(14(2)19(13)21-3)20-17-11-16(12-17)15-7-5-4-6-8-15/h4-10,16-17,20H,11-12H2,1-3H3. The van der Waals surface area contributed by atoms with Gasteiger partial charge in [0.25, 0.3) is 0 Å². The van der Waals surface area contributed by atoms with Gasteiger partial charge in [0.2, 0.25) is 0 Å². The molecule has 0 aromatic heterocycles. The Balaban J connectivity index is 1.65. The van der Waals surface area contributed by atoms with Crippen LogP contribution in [-0.4, -0.2) is 13.2 Å². The molecule has 2 nitrogen and oxygen atoms in total.